The van der Waals surface area contributed by atoms with Crippen LogP contribution in [0.2, 0.25) is 0 Å². The van der Waals surface area contributed by atoms with Gasteiger partial charge in [0.2, 0.25) is 0 Å². The summed E-state index contributed by atoms with van der Waals surface area (Å²) < 4.78 is 12.9. The van der Waals surface area contributed by atoms with E-state index >= 15 is 0 Å². The predicted molar refractivity (Wildman–Crippen MR) is 116 cm³/mol. The lowest BCUT2D eigenvalue weighted by molar-refractivity contribution is 0.355. The number of aromatic nitrogens is 3. The lowest BCUT2D eigenvalue weighted by Crippen LogP contribution is -2.36. The van der Waals surface area contributed by atoms with Gasteiger partial charge in [0.1, 0.15) is 5.82 Å². The van der Waals surface area contributed by atoms with Gasteiger partial charge in [-0.25, -0.2) is 4.98 Å². The topological polar surface area (TPSA) is 51.9 Å². The summed E-state index contributed by atoms with van der Waals surface area (Å²) in [6.07, 6.45) is 3.46. The summed E-state index contributed by atoms with van der Waals surface area (Å²) in [5.74, 6) is 3.31. The number of ether oxygens (including phenoxy) is 2. The molecule has 154 valence electrons. The zero-order chi connectivity index (χ0) is 20.5. The molecule has 0 spiro atoms. The van der Waals surface area contributed by atoms with E-state index < -0.39 is 0 Å². The molecule has 1 aromatic carbocycles. The Kier molecular flexibility index (Phi) is 5.35. The van der Waals surface area contributed by atoms with E-state index in [1.807, 2.05) is 22.7 Å². The molecule has 1 saturated heterocycles. The lowest BCUT2D eigenvalue weighted by atomic mass is 9.99. The first-order chi connectivity index (χ1) is 14.0. The number of rotatable bonds is 5. The number of nitrogens with zero attached hydrogens (tertiary/aromatic N) is 4. The lowest BCUT2D eigenvalue weighted by Gasteiger charge is -2.34. The molecule has 0 bridgehead atoms. The smallest absolute Gasteiger partial charge is 0.161 e. The third-order valence-electron chi connectivity index (χ3n) is 5.87. The van der Waals surface area contributed by atoms with Crippen LogP contribution in [0, 0.1) is 12.8 Å². The molecule has 1 unspecified atom stereocenters. The third kappa shape index (κ3) is 3.52. The molecule has 0 radical (unpaired) electrons. The minimum Gasteiger partial charge on any atom is -0.493 e. The van der Waals surface area contributed by atoms with E-state index in [1.165, 1.54) is 24.2 Å². The first-order valence-corrected chi connectivity index (χ1v) is 10.4. The zero-order valence-corrected chi connectivity index (χ0v) is 18.0. The van der Waals surface area contributed by atoms with E-state index in [1.54, 1.807) is 14.2 Å². The van der Waals surface area contributed by atoms with Crippen molar-refractivity contribution in [3.05, 3.63) is 35.5 Å². The van der Waals surface area contributed by atoms with Gasteiger partial charge in [0.25, 0.3) is 0 Å². The van der Waals surface area contributed by atoms with E-state index in [2.05, 4.69) is 31.7 Å². The number of anilines is 1. The van der Waals surface area contributed by atoms with Crippen LogP contribution in [0.4, 0.5) is 5.82 Å². The summed E-state index contributed by atoms with van der Waals surface area (Å²) in [5, 5.41) is 4.98. The number of aryl methyl sites for hydroxylation is 1. The normalized spacial score (nSPS) is 17.0. The fourth-order valence-corrected chi connectivity index (χ4v) is 4.39. The number of benzene rings is 1. The van der Waals surface area contributed by atoms with Crippen molar-refractivity contribution in [3.63, 3.8) is 0 Å². The Balaban J connectivity index is 1.86. The van der Waals surface area contributed by atoms with Gasteiger partial charge in [0, 0.05) is 36.0 Å². The van der Waals surface area contributed by atoms with Gasteiger partial charge in [0.15, 0.2) is 17.1 Å². The summed E-state index contributed by atoms with van der Waals surface area (Å²) in [6, 6.07) is 7.96. The molecule has 0 N–H and O–H groups in total. The Hall–Kier alpha value is -2.76. The molecule has 1 aliphatic heterocycles. The summed E-state index contributed by atoms with van der Waals surface area (Å²) in [5.41, 5.74) is 5.14. The quantitative estimate of drug-likeness (QED) is 0.637. The SMILES string of the molecule is CCc1c(C)nc2cc(-c3ccc(OC)c(OC)c3)nn2c1N1CCCC(C)C1. The maximum Gasteiger partial charge on any atom is 0.161 e. The number of hydrogen-bond donors (Lipinski definition) is 0. The molecule has 0 saturated carbocycles. The first-order valence-electron chi connectivity index (χ1n) is 10.4. The molecule has 6 nitrogen and oxygen atoms in total. The van der Waals surface area contributed by atoms with Gasteiger partial charge < -0.3 is 14.4 Å². The van der Waals surface area contributed by atoms with Crippen molar-refractivity contribution < 1.29 is 9.47 Å². The molecule has 29 heavy (non-hydrogen) atoms. The second-order valence-electron chi connectivity index (χ2n) is 7.92. The molecule has 3 heterocycles. The summed E-state index contributed by atoms with van der Waals surface area (Å²) in [7, 11) is 3.30. The van der Waals surface area contributed by atoms with E-state index in [0.717, 1.165) is 42.1 Å². The van der Waals surface area contributed by atoms with Crippen LogP contribution >= 0.6 is 0 Å². The van der Waals surface area contributed by atoms with Crippen molar-refractivity contribution in [2.24, 2.45) is 5.92 Å². The van der Waals surface area contributed by atoms with Gasteiger partial charge in [-0.3, -0.25) is 0 Å². The van der Waals surface area contributed by atoms with Gasteiger partial charge in [0.05, 0.1) is 19.9 Å². The van der Waals surface area contributed by atoms with Gasteiger partial charge in [-0.15, -0.1) is 0 Å². The molecule has 0 amide bonds. The van der Waals surface area contributed by atoms with Gasteiger partial charge >= 0.3 is 0 Å². The van der Waals surface area contributed by atoms with E-state index in [0.29, 0.717) is 17.4 Å². The van der Waals surface area contributed by atoms with Crippen LogP contribution in [0.1, 0.15) is 37.9 Å². The fourth-order valence-electron chi connectivity index (χ4n) is 4.39. The predicted octanol–water partition coefficient (Wildman–Crippen LogP) is 4.52. The van der Waals surface area contributed by atoms with Crippen molar-refractivity contribution in [2.45, 2.75) is 40.0 Å². The Morgan fingerprint density at radius 2 is 1.93 bits per heavy atom. The highest BCUT2D eigenvalue weighted by Gasteiger charge is 2.24. The Morgan fingerprint density at radius 3 is 2.62 bits per heavy atom. The standard InChI is InChI=1S/C23H30N4O2/c1-6-18-16(3)24-22-13-19(17-9-10-20(28-4)21(12-17)29-5)25-27(22)23(18)26-11-7-8-15(2)14-26/h9-10,12-13,15H,6-8,11,14H2,1-5H3. The monoisotopic (exact) mass is 394 g/mol. The van der Waals surface area contributed by atoms with Gasteiger partial charge in [-0.05, 0) is 50.3 Å². The molecule has 0 aliphatic carbocycles. The highest BCUT2D eigenvalue weighted by Crippen LogP contribution is 2.34. The highest BCUT2D eigenvalue weighted by molar-refractivity contribution is 5.69. The Labute approximate surface area is 172 Å². The Bertz CT molecular complexity index is 1030. The molecule has 6 heteroatoms. The second-order valence-corrected chi connectivity index (χ2v) is 7.92. The Morgan fingerprint density at radius 1 is 1.14 bits per heavy atom. The van der Waals surface area contributed by atoms with Crippen molar-refractivity contribution >= 4 is 11.5 Å². The number of methoxy groups -OCH3 is 2. The van der Waals surface area contributed by atoms with Crippen molar-refractivity contribution in [1.82, 2.24) is 14.6 Å². The number of piperidine rings is 1. The van der Waals surface area contributed by atoms with E-state index in [9.17, 15) is 0 Å². The summed E-state index contributed by atoms with van der Waals surface area (Å²) in [4.78, 5) is 7.36. The molecular formula is C23H30N4O2. The van der Waals surface area contributed by atoms with Crippen LogP contribution in [0.25, 0.3) is 16.9 Å². The molecule has 2 aromatic heterocycles. The number of hydrogen-bond acceptors (Lipinski definition) is 5. The van der Waals surface area contributed by atoms with E-state index in [4.69, 9.17) is 19.6 Å². The first kappa shape index (κ1) is 19.6. The third-order valence-corrected chi connectivity index (χ3v) is 5.87. The van der Waals surface area contributed by atoms with Crippen molar-refractivity contribution in [3.8, 4) is 22.8 Å². The molecule has 1 atom stereocenters. The van der Waals surface area contributed by atoms with E-state index in [-0.39, 0.29) is 0 Å². The largest absolute Gasteiger partial charge is 0.493 e. The minimum absolute atomic E-state index is 0.692. The maximum absolute atomic E-state index is 5.48. The molecule has 1 aliphatic rings. The highest BCUT2D eigenvalue weighted by atomic mass is 16.5. The minimum atomic E-state index is 0.692. The second kappa shape index (κ2) is 7.93. The van der Waals surface area contributed by atoms with Crippen LogP contribution in [-0.2, 0) is 6.42 Å². The molecule has 3 aromatic rings. The maximum atomic E-state index is 5.48. The molecule has 1 fully saturated rings. The van der Waals surface area contributed by atoms with Crippen LogP contribution in [0.3, 0.4) is 0 Å². The molecular weight excluding hydrogens is 364 g/mol. The van der Waals surface area contributed by atoms with Crippen LogP contribution < -0.4 is 14.4 Å². The van der Waals surface area contributed by atoms with Crippen LogP contribution in [0.5, 0.6) is 11.5 Å². The van der Waals surface area contributed by atoms with Crippen molar-refractivity contribution in [2.75, 3.05) is 32.2 Å². The van der Waals surface area contributed by atoms with Crippen LogP contribution in [-0.4, -0.2) is 41.9 Å². The molecule has 4 rings (SSSR count). The summed E-state index contributed by atoms with van der Waals surface area (Å²) in [6.45, 7) is 8.78. The van der Waals surface area contributed by atoms with Gasteiger partial charge in [-0.1, -0.05) is 13.8 Å². The van der Waals surface area contributed by atoms with Crippen LogP contribution in [0.15, 0.2) is 24.3 Å². The zero-order valence-electron chi connectivity index (χ0n) is 18.0. The average molecular weight is 395 g/mol. The number of fused-ring (bicyclic) bond motifs is 1. The average Bonchev–Trinajstić information content (AvgIpc) is 3.15. The van der Waals surface area contributed by atoms with Crippen molar-refractivity contribution in [1.29, 1.82) is 0 Å². The summed E-state index contributed by atoms with van der Waals surface area (Å²) >= 11 is 0. The van der Waals surface area contributed by atoms with Gasteiger partial charge in [-0.2, -0.15) is 9.61 Å². The fraction of sp³-hybridized carbons (Fsp3) is 0.478.